The number of sulfonamides is 1. The summed E-state index contributed by atoms with van der Waals surface area (Å²) >= 11 is 0. The summed E-state index contributed by atoms with van der Waals surface area (Å²) in [6.07, 6.45) is 3.01. The lowest BCUT2D eigenvalue weighted by atomic mass is 10.1. The van der Waals surface area contributed by atoms with E-state index in [2.05, 4.69) is 15.6 Å². The van der Waals surface area contributed by atoms with Crippen LogP contribution in [0.1, 0.15) is 18.4 Å². The van der Waals surface area contributed by atoms with Crippen LogP contribution in [0.4, 0.5) is 0 Å². The maximum absolute atomic E-state index is 11.6. The fourth-order valence-electron chi connectivity index (χ4n) is 2.04. The highest BCUT2D eigenvalue weighted by atomic mass is 32.2. The van der Waals surface area contributed by atoms with Gasteiger partial charge in [0.05, 0.1) is 7.11 Å². The number of guanidine groups is 1. The van der Waals surface area contributed by atoms with Crippen molar-refractivity contribution < 1.29 is 13.2 Å². The van der Waals surface area contributed by atoms with Gasteiger partial charge in [0.1, 0.15) is 10.6 Å². The summed E-state index contributed by atoms with van der Waals surface area (Å²) in [5.74, 6) is 1.02. The van der Waals surface area contributed by atoms with Gasteiger partial charge in [-0.1, -0.05) is 6.07 Å². The first-order chi connectivity index (χ1) is 10.4. The van der Waals surface area contributed by atoms with Crippen LogP contribution in [0.25, 0.3) is 0 Å². The van der Waals surface area contributed by atoms with E-state index in [0.29, 0.717) is 19.0 Å². The third-order valence-corrected chi connectivity index (χ3v) is 4.31. The zero-order valence-corrected chi connectivity index (χ0v) is 13.6. The van der Waals surface area contributed by atoms with Gasteiger partial charge in [-0.05, 0) is 37.0 Å². The molecule has 0 aliphatic heterocycles. The topological polar surface area (TPSA) is 106 Å². The number of nitrogens with zero attached hydrogens (tertiary/aromatic N) is 1. The van der Waals surface area contributed by atoms with Crippen LogP contribution >= 0.6 is 0 Å². The number of rotatable bonds is 6. The van der Waals surface area contributed by atoms with Gasteiger partial charge >= 0.3 is 0 Å². The molecule has 0 saturated heterocycles. The Morgan fingerprint density at radius 1 is 1.45 bits per heavy atom. The van der Waals surface area contributed by atoms with E-state index in [0.717, 1.165) is 11.5 Å². The molecule has 1 saturated carbocycles. The Morgan fingerprint density at radius 2 is 2.18 bits per heavy atom. The zero-order chi connectivity index (χ0) is 16.2. The fourth-order valence-corrected chi connectivity index (χ4v) is 2.79. The Kier molecular flexibility index (Phi) is 5.25. The van der Waals surface area contributed by atoms with E-state index in [1.54, 1.807) is 19.2 Å². The highest BCUT2D eigenvalue weighted by Gasteiger charge is 2.22. The molecule has 122 valence electrons. The molecule has 1 aliphatic carbocycles. The fraction of sp³-hybridized carbons (Fsp3) is 0.500. The Labute approximate surface area is 131 Å². The summed E-state index contributed by atoms with van der Waals surface area (Å²) in [4.78, 5) is 4.15. The number of methoxy groups -OCH3 is 1. The van der Waals surface area contributed by atoms with Crippen molar-refractivity contribution in [1.82, 2.24) is 10.6 Å². The average molecular weight is 326 g/mol. The summed E-state index contributed by atoms with van der Waals surface area (Å²) in [5.41, 5.74) is 0.860. The van der Waals surface area contributed by atoms with Gasteiger partial charge in [0, 0.05) is 19.6 Å². The number of hydrogen-bond donors (Lipinski definition) is 3. The van der Waals surface area contributed by atoms with Crippen molar-refractivity contribution in [1.29, 1.82) is 0 Å². The second-order valence-electron chi connectivity index (χ2n) is 5.20. The number of primary sulfonamides is 1. The molecule has 0 heterocycles. The number of nitrogens with two attached hydrogens (primary N) is 1. The first-order valence-electron chi connectivity index (χ1n) is 7.11. The van der Waals surface area contributed by atoms with Crippen molar-refractivity contribution >= 4 is 16.0 Å². The number of ether oxygens (including phenoxy) is 1. The molecule has 0 unspecified atom stereocenters. The van der Waals surface area contributed by atoms with E-state index < -0.39 is 10.0 Å². The molecular weight excluding hydrogens is 304 g/mol. The van der Waals surface area contributed by atoms with Gasteiger partial charge in [-0.3, -0.25) is 4.99 Å². The molecule has 0 spiro atoms. The van der Waals surface area contributed by atoms with Gasteiger partial charge in [0.15, 0.2) is 5.96 Å². The molecule has 0 atom stereocenters. The quantitative estimate of drug-likeness (QED) is 0.512. The second kappa shape index (κ2) is 6.97. The van der Waals surface area contributed by atoms with Crippen molar-refractivity contribution in [3.8, 4) is 5.75 Å². The molecule has 2 rings (SSSR count). The molecular formula is C14H22N4O3S. The standard InChI is InChI=1S/C14H22N4O3S/c1-16-14(18-11-4-5-11)17-8-7-10-3-6-12(21-2)13(9-10)22(15,19)20/h3,6,9,11H,4-5,7-8H2,1-2H3,(H2,15,19,20)(H2,16,17,18). The summed E-state index contributed by atoms with van der Waals surface area (Å²) in [5, 5.41) is 11.7. The predicted molar refractivity (Wildman–Crippen MR) is 85.6 cm³/mol. The van der Waals surface area contributed by atoms with Crippen LogP contribution in [-0.2, 0) is 16.4 Å². The summed E-state index contributed by atoms with van der Waals surface area (Å²) in [6.45, 7) is 0.642. The van der Waals surface area contributed by atoms with E-state index in [1.807, 2.05) is 6.07 Å². The first kappa shape index (κ1) is 16.6. The van der Waals surface area contributed by atoms with Crippen molar-refractivity contribution in [2.75, 3.05) is 20.7 Å². The van der Waals surface area contributed by atoms with Gasteiger partial charge < -0.3 is 15.4 Å². The van der Waals surface area contributed by atoms with Crippen molar-refractivity contribution in [2.45, 2.75) is 30.2 Å². The van der Waals surface area contributed by atoms with E-state index in [4.69, 9.17) is 9.88 Å². The molecule has 0 radical (unpaired) electrons. The van der Waals surface area contributed by atoms with Crippen molar-refractivity contribution in [2.24, 2.45) is 10.1 Å². The number of benzene rings is 1. The van der Waals surface area contributed by atoms with Gasteiger partial charge in [-0.25, -0.2) is 13.6 Å². The molecule has 7 nitrogen and oxygen atoms in total. The molecule has 0 amide bonds. The van der Waals surface area contributed by atoms with Crippen LogP contribution in [0.3, 0.4) is 0 Å². The van der Waals surface area contributed by atoms with Crippen LogP contribution in [-0.4, -0.2) is 41.1 Å². The SMILES string of the molecule is CN=C(NCCc1ccc(OC)c(S(N)(=O)=O)c1)NC1CC1. The summed E-state index contributed by atoms with van der Waals surface area (Å²) < 4.78 is 28.2. The van der Waals surface area contributed by atoms with E-state index >= 15 is 0 Å². The Morgan fingerprint density at radius 3 is 2.73 bits per heavy atom. The number of nitrogens with one attached hydrogen (secondary N) is 2. The molecule has 0 bridgehead atoms. The van der Waals surface area contributed by atoms with Crippen LogP contribution < -0.4 is 20.5 Å². The van der Waals surface area contributed by atoms with Crippen LogP contribution in [0.2, 0.25) is 0 Å². The maximum Gasteiger partial charge on any atom is 0.241 e. The van der Waals surface area contributed by atoms with E-state index in [-0.39, 0.29) is 10.6 Å². The van der Waals surface area contributed by atoms with E-state index in [1.165, 1.54) is 20.0 Å². The molecule has 1 fully saturated rings. The summed E-state index contributed by atoms with van der Waals surface area (Å²) in [6, 6.07) is 5.52. The van der Waals surface area contributed by atoms with Crippen LogP contribution in [0, 0.1) is 0 Å². The lowest BCUT2D eigenvalue weighted by Crippen LogP contribution is -2.39. The zero-order valence-electron chi connectivity index (χ0n) is 12.8. The normalized spacial score (nSPS) is 15.5. The monoisotopic (exact) mass is 326 g/mol. The Balaban J connectivity index is 1.97. The Bertz CT molecular complexity index is 654. The lowest BCUT2D eigenvalue weighted by molar-refractivity contribution is 0.402. The maximum atomic E-state index is 11.6. The second-order valence-corrected chi connectivity index (χ2v) is 6.73. The molecule has 1 aliphatic rings. The minimum absolute atomic E-state index is 0.00740. The third kappa shape index (κ3) is 4.60. The van der Waals surface area contributed by atoms with Gasteiger partial charge in [-0.2, -0.15) is 0 Å². The average Bonchev–Trinajstić information content (AvgIpc) is 3.29. The van der Waals surface area contributed by atoms with E-state index in [9.17, 15) is 8.42 Å². The van der Waals surface area contributed by atoms with Gasteiger partial charge in [0.2, 0.25) is 10.0 Å². The van der Waals surface area contributed by atoms with Crippen LogP contribution in [0.5, 0.6) is 5.75 Å². The molecule has 0 aromatic heterocycles. The molecule has 22 heavy (non-hydrogen) atoms. The third-order valence-electron chi connectivity index (χ3n) is 3.38. The highest BCUT2D eigenvalue weighted by Crippen LogP contribution is 2.23. The van der Waals surface area contributed by atoms with Crippen molar-refractivity contribution in [3.05, 3.63) is 23.8 Å². The first-order valence-corrected chi connectivity index (χ1v) is 8.65. The van der Waals surface area contributed by atoms with Crippen LogP contribution in [0.15, 0.2) is 28.1 Å². The minimum Gasteiger partial charge on any atom is -0.495 e. The lowest BCUT2D eigenvalue weighted by Gasteiger charge is -2.12. The largest absolute Gasteiger partial charge is 0.495 e. The van der Waals surface area contributed by atoms with Crippen molar-refractivity contribution in [3.63, 3.8) is 0 Å². The minimum atomic E-state index is -3.80. The highest BCUT2D eigenvalue weighted by molar-refractivity contribution is 7.89. The summed E-state index contributed by atoms with van der Waals surface area (Å²) in [7, 11) is -0.661. The predicted octanol–water partition coefficient (Wildman–Crippen LogP) is 0.213. The molecule has 4 N–H and O–H groups in total. The molecule has 1 aromatic rings. The smallest absolute Gasteiger partial charge is 0.241 e. The number of aliphatic imine (C=N–C) groups is 1. The molecule has 1 aromatic carbocycles. The number of hydrogen-bond acceptors (Lipinski definition) is 4. The Hall–Kier alpha value is -1.80. The molecule has 8 heteroatoms. The van der Waals surface area contributed by atoms with Gasteiger partial charge in [0.25, 0.3) is 0 Å². The van der Waals surface area contributed by atoms with Gasteiger partial charge in [-0.15, -0.1) is 0 Å².